The smallest absolute Gasteiger partial charge is 0.253 e. The van der Waals surface area contributed by atoms with Gasteiger partial charge in [0.25, 0.3) is 5.91 Å². The first kappa shape index (κ1) is 20.5. The Morgan fingerprint density at radius 1 is 1.16 bits per heavy atom. The van der Waals surface area contributed by atoms with Crippen molar-refractivity contribution in [2.45, 2.75) is 44.2 Å². The molecule has 164 valence electrons. The van der Waals surface area contributed by atoms with Crippen LogP contribution in [0.3, 0.4) is 0 Å². The van der Waals surface area contributed by atoms with E-state index in [-0.39, 0.29) is 17.9 Å². The molecule has 3 aromatic rings. The molecule has 0 radical (unpaired) electrons. The van der Waals surface area contributed by atoms with Gasteiger partial charge in [-0.2, -0.15) is 0 Å². The highest BCUT2D eigenvalue weighted by molar-refractivity contribution is 6.05. The normalized spacial score (nSPS) is 22.8. The number of carbonyl (C=O) groups excluding carboxylic acids is 2. The van der Waals surface area contributed by atoms with Crippen molar-refractivity contribution >= 4 is 22.7 Å². The zero-order valence-electron chi connectivity index (χ0n) is 18.2. The summed E-state index contributed by atoms with van der Waals surface area (Å²) in [7, 11) is 0. The number of para-hydroxylation sites is 2. The molecule has 2 aromatic carbocycles. The number of benzene rings is 2. The van der Waals surface area contributed by atoms with E-state index in [9.17, 15) is 9.59 Å². The van der Waals surface area contributed by atoms with Crippen LogP contribution in [0.5, 0.6) is 5.75 Å². The summed E-state index contributed by atoms with van der Waals surface area (Å²) in [4.78, 5) is 32.2. The molecule has 5 rings (SSSR count). The molecule has 1 aromatic heterocycles. The molecule has 1 spiro atoms. The molecule has 6 nitrogen and oxygen atoms in total. The average Bonchev–Trinajstić information content (AvgIpc) is 2.97. The lowest BCUT2D eigenvalue weighted by atomic mass is 9.82. The first-order valence-electron chi connectivity index (χ1n) is 11.3. The summed E-state index contributed by atoms with van der Waals surface area (Å²) in [6.07, 6.45) is 4.21. The van der Waals surface area contributed by atoms with E-state index in [1.807, 2.05) is 66.4 Å². The predicted octanol–water partition coefficient (Wildman–Crippen LogP) is 4.26. The zero-order valence-corrected chi connectivity index (χ0v) is 18.2. The molecule has 1 N–H and O–H groups in total. The standard InChI is InChI=1S/C26H27N3O3/c1-2-29-16-14-26(13-12-23(29)30)17-21(19-9-3-4-11-22(19)32-26)28-25(31)20-10-5-7-18-8-6-15-27-24(18)20/h3-11,15,21H,2,12-14,16-17H2,1H3,(H,28,31)/t21-,26+/m0/s1. The third-order valence-corrected chi connectivity index (χ3v) is 6.75. The number of fused-ring (bicyclic) bond motifs is 2. The minimum atomic E-state index is -0.469. The van der Waals surface area contributed by atoms with Crippen molar-refractivity contribution in [2.24, 2.45) is 0 Å². The van der Waals surface area contributed by atoms with Gasteiger partial charge in [-0.3, -0.25) is 14.6 Å². The summed E-state index contributed by atoms with van der Waals surface area (Å²) in [6.45, 7) is 3.39. The molecular formula is C26H27N3O3. The number of likely N-dealkylation sites (tertiary alicyclic amines) is 1. The predicted molar refractivity (Wildman–Crippen MR) is 122 cm³/mol. The monoisotopic (exact) mass is 429 g/mol. The summed E-state index contributed by atoms with van der Waals surface area (Å²) < 4.78 is 6.53. The molecule has 2 aliphatic heterocycles. The van der Waals surface area contributed by atoms with Crippen LogP contribution in [0.1, 0.15) is 54.6 Å². The van der Waals surface area contributed by atoms with Crippen molar-refractivity contribution in [3.8, 4) is 5.75 Å². The van der Waals surface area contributed by atoms with Crippen LogP contribution in [0.4, 0.5) is 0 Å². The zero-order chi connectivity index (χ0) is 22.1. The SMILES string of the molecule is CCN1CC[C@]2(CCC1=O)C[C@H](NC(=O)c1cccc3cccnc13)c1ccccc1O2. The number of rotatable bonds is 3. The lowest BCUT2D eigenvalue weighted by molar-refractivity contribution is -0.130. The molecule has 2 amide bonds. The minimum Gasteiger partial charge on any atom is -0.487 e. The van der Waals surface area contributed by atoms with E-state index in [1.54, 1.807) is 6.20 Å². The van der Waals surface area contributed by atoms with Crippen LogP contribution in [0.25, 0.3) is 10.9 Å². The highest BCUT2D eigenvalue weighted by Gasteiger charge is 2.43. The van der Waals surface area contributed by atoms with Crippen LogP contribution in [-0.4, -0.2) is 40.4 Å². The third kappa shape index (κ3) is 3.70. The van der Waals surface area contributed by atoms with Crippen molar-refractivity contribution in [3.63, 3.8) is 0 Å². The van der Waals surface area contributed by atoms with Gasteiger partial charge in [-0.15, -0.1) is 0 Å². The molecule has 0 unspecified atom stereocenters. The van der Waals surface area contributed by atoms with Crippen molar-refractivity contribution in [1.29, 1.82) is 0 Å². The summed E-state index contributed by atoms with van der Waals surface area (Å²) in [5.74, 6) is 0.817. The Morgan fingerprint density at radius 3 is 2.88 bits per heavy atom. The number of hydrogen-bond donors (Lipinski definition) is 1. The molecule has 0 aliphatic carbocycles. The van der Waals surface area contributed by atoms with E-state index in [0.29, 0.717) is 43.4 Å². The molecule has 1 fully saturated rings. The van der Waals surface area contributed by atoms with E-state index in [1.165, 1.54) is 0 Å². The van der Waals surface area contributed by atoms with Gasteiger partial charge in [0.15, 0.2) is 0 Å². The number of carbonyl (C=O) groups is 2. The van der Waals surface area contributed by atoms with Gasteiger partial charge in [0.2, 0.25) is 5.91 Å². The summed E-state index contributed by atoms with van der Waals surface area (Å²) in [5, 5.41) is 4.19. The number of hydrogen-bond acceptors (Lipinski definition) is 4. The molecule has 2 atom stereocenters. The van der Waals surface area contributed by atoms with Crippen molar-refractivity contribution < 1.29 is 14.3 Å². The fourth-order valence-corrected chi connectivity index (χ4v) is 4.99. The molecule has 0 saturated carbocycles. The van der Waals surface area contributed by atoms with Gasteiger partial charge in [0.05, 0.1) is 17.1 Å². The Labute approximate surface area is 187 Å². The summed E-state index contributed by atoms with van der Waals surface area (Å²) in [6, 6.07) is 17.2. The van der Waals surface area contributed by atoms with Gasteiger partial charge < -0.3 is 15.0 Å². The van der Waals surface area contributed by atoms with Gasteiger partial charge in [0.1, 0.15) is 11.4 Å². The van der Waals surface area contributed by atoms with Crippen molar-refractivity contribution in [3.05, 3.63) is 71.9 Å². The first-order chi connectivity index (χ1) is 15.6. The Hall–Kier alpha value is -3.41. The Morgan fingerprint density at radius 2 is 2.00 bits per heavy atom. The molecule has 0 bridgehead atoms. The van der Waals surface area contributed by atoms with Gasteiger partial charge in [-0.05, 0) is 31.5 Å². The van der Waals surface area contributed by atoms with E-state index < -0.39 is 5.60 Å². The number of ether oxygens (including phenoxy) is 1. The van der Waals surface area contributed by atoms with Gasteiger partial charge in [0, 0.05) is 49.5 Å². The van der Waals surface area contributed by atoms with Crippen LogP contribution >= 0.6 is 0 Å². The van der Waals surface area contributed by atoms with E-state index in [4.69, 9.17) is 4.74 Å². The first-order valence-corrected chi connectivity index (χ1v) is 11.3. The molecule has 1 saturated heterocycles. The summed E-state index contributed by atoms with van der Waals surface area (Å²) >= 11 is 0. The second-order valence-electron chi connectivity index (χ2n) is 8.66. The number of nitrogens with zero attached hydrogens (tertiary/aromatic N) is 2. The quantitative estimate of drug-likeness (QED) is 0.675. The van der Waals surface area contributed by atoms with E-state index in [0.717, 1.165) is 23.1 Å². The number of aromatic nitrogens is 1. The molecule has 3 heterocycles. The van der Waals surface area contributed by atoms with Gasteiger partial charge in [-0.25, -0.2) is 0 Å². The van der Waals surface area contributed by atoms with Crippen molar-refractivity contribution in [1.82, 2.24) is 15.2 Å². The fourth-order valence-electron chi connectivity index (χ4n) is 4.99. The van der Waals surface area contributed by atoms with Crippen LogP contribution in [0.2, 0.25) is 0 Å². The average molecular weight is 430 g/mol. The van der Waals surface area contributed by atoms with Crippen LogP contribution in [0.15, 0.2) is 60.8 Å². The van der Waals surface area contributed by atoms with Gasteiger partial charge in [-0.1, -0.05) is 36.4 Å². The molecule has 6 heteroatoms. The third-order valence-electron chi connectivity index (χ3n) is 6.75. The van der Waals surface area contributed by atoms with Crippen LogP contribution < -0.4 is 10.1 Å². The maximum atomic E-state index is 13.4. The largest absolute Gasteiger partial charge is 0.487 e. The lowest BCUT2D eigenvalue weighted by Crippen LogP contribution is -2.46. The minimum absolute atomic E-state index is 0.147. The Kier molecular flexibility index (Phi) is 5.29. The topological polar surface area (TPSA) is 71.5 Å². The fraction of sp³-hybridized carbons (Fsp3) is 0.346. The molecular weight excluding hydrogens is 402 g/mol. The maximum absolute atomic E-state index is 13.4. The molecule has 32 heavy (non-hydrogen) atoms. The number of amides is 2. The Balaban J connectivity index is 1.46. The maximum Gasteiger partial charge on any atom is 0.253 e. The van der Waals surface area contributed by atoms with Crippen LogP contribution in [0, 0.1) is 0 Å². The van der Waals surface area contributed by atoms with E-state index in [2.05, 4.69) is 10.3 Å². The van der Waals surface area contributed by atoms with Crippen LogP contribution in [-0.2, 0) is 4.79 Å². The van der Waals surface area contributed by atoms with Gasteiger partial charge >= 0.3 is 0 Å². The highest BCUT2D eigenvalue weighted by Crippen LogP contribution is 2.44. The number of nitrogens with one attached hydrogen (secondary N) is 1. The number of pyridine rings is 1. The second kappa shape index (κ2) is 8.26. The van der Waals surface area contributed by atoms with Crippen molar-refractivity contribution in [2.75, 3.05) is 13.1 Å². The highest BCUT2D eigenvalue weighted by atomic mass is 16.5. The Bertz CT molecular complexity index is 1170. The lowest BCUT2D eigenvalue weighted by Gasteiger charge is -2.42. The van der Waals surface area contributed by atoms with E-state index >= 15 is 0 Å². The second-order valence-corrected chi connectivity index (χ2v) is 8.66. The summed E-state index contributed by atoms with van der Waals surface area (Å²) in [5.41, 5.74) is 1.77. The molecule has 2 aliphatic rings.